The lowest BCUT2D eigenvalue weighted by molar-refractivity contribution is -0.163. The van der Waals surface area contributed by atoms with Crippen LogP contribution < -0.4 is 0 Å². The largest absolute Gasteiger partial charge is 0.462 e. The second kappa shape index (κ2) is 51.6. The van der Waals surface area contributed by atoms with Gasteiger partial charge in [-0.3, -0.25) is 9.59 Å². The van der Waals surface area contributed by atoms with Gasteiger partial charge in [-0.25, -0.2) is 0 Å². The highest BCUT2D eigenvalue weighted by Crippen LogP contribution is 2.11. The third kappa shape index (κ3) is 49.0. The van der Waals surface area contributed by atoms with Crippen LogP contribution in [0.3, 0.4) is 0 Å². The first kappa shape index (κ1) is 58.3. The number of hydrogen-bond acceptors (Lipinski definition) is 5. The summed E-state index contributed by atoms with van der Waals surface area (Å²) in [6, 6.07) is 0. The third-order valence-electron chi connectivity index (χ3n) is 9.96. The van der Waals surface area contributed by atoms with E-state index in [1.807, 2.05) is 0 Å². The fraction of sp³-hybridized carbons (Fsp3) is 0.614. The zero-order valence-corrected chi connectivity index (χ0v) is 40.1. The molecule has 1 atom stereocenters. The molecule has 0 spiro atoms. The Bertz CT molecular complexity index is 1290. The quantitative estimate of drug-likeness (QED) is 0.0347. The summed E-state index contributed by atoms with van der Waals surface area (Å²) < 4.78 is 17.3. The van der Waals surface area contributed by atoms with Gasteiger partial charge < -0.3 is 14.2 Å². The summed E-state index contributed by atoms with van der Waals surface area (Å²) in [6.45, 7) is 7.43. The second-order valence-electron chi connectivity index (χ2n) is 15.9. The van der Waals surface area contributed by atoms with Crippen LogP contribution in [0.4, 0.5) is 0 Å². The van der Waals surface area contributed by atoms with E-state index in [4.69, 9.17) is 14.2 Å². The van der Waals surface area contributed by atoms with Gasteiger partial charge >= 0.3 is 11.9 Å². The van der Waals surface area contributed by atoms with Crippen LogP contribution in [0.5, 0.6) is 0 Å². The third-order valence-corrected chi connectivity index (χ3v) is 9.96. The molecule has 0 saturated heterocycles. The van der Waals surface area contributed by atoms with E-state index in [1.165, 1.54) is 44.9 Å². The van der Waals surface area contributed by atoms with Gasteiger partial charge in [0, 0.05) is 19.4 Å². The lowest BCUT2D eigenvalue weighted by Crippen LogP contribution is -2.30. The molecule has 62 heavy (non-hydrogen) atoms. The number of hydrogen-bond donors (Lipinski definition) is 0. The fourth-order valence-electron chi connectivity index (χ4n) is 6.29. The van der Waals surface area contributed by atoms with Gasteiger partial charge in [0.05, 0.1) is 6.61 Å². The van der Waals surface area contributed by atoms with E-state index in [1.54, 1.807) is 0 Å². The van der Waals surface area contributed by atoms with Gasteiger partial charge in [-0.15, -0.1) is 0 Å². The molecule has 0 aromatic carbocycles. The Morgan fingerprint density at radius 3 is 1.21 bits per heavy atom. The molecular formula is C57H92O5. The van der Waals surface area contributed by atoms with E-state index in [2.05, 4.69) is 142 Å². The van der Waals surface area contributed by atoms with E-state index in [0.717, 1.165) is 122 Å². The summed E-state index contributed by atoms with van der Waals surface area (Å²) >= 11 is 0. The number of carbonyl (C=O) groups excluding carboxylic acids is 2. The molecule has 5 heteroatoms. The van der Waals surface area contributed by atoms with E-state index in [9.17, 15) is 9.59 Å². The minimum Gasteiger partial charge on any atom is -0.462 e. The molecule has 350 valence electrons. The standard InChI is InChI=1S/C57H92O5/c1-4-7-10-13-16-19-22-25-28-29-31-32-35-38-41-44-47-50-56(58)61-54-55(53-60-52-49-46-43-40-37-34-27-24-21-18-15-12-9-6-3)62-57(59)51-48-45-42-39-36-33-30-26-23-20-17-14-11-8-5-2/h7,9-10,12,16-21,25-28,30-32,34,38,41,55H,4-6,8,11,13-15,22-24,29,33,35-37,39-40,42-54H2,1-3H3/b10-7-,12-9-,19-16-,20-17-,21-18-,28-25-,30-26-,32-31-,34-27-,41-38-. The summed E-state index contributed by atoms with van der Waals surface area (Å²) in [5, 5.41) is 0. The summed E-state index contributed by atoms with van der Waals surface area (Å²) in [4.78, 5) is 25.4. The topological polar surface area (TPSA) is 61.8 Å². The van der Waals surface area contributed by atoms with Gasteiger partial charge in [0.15, 0.2) is 6.10 Å². The van der Waals surface area contributed by atoms with Crippen molar-refractivity contribution >= 4 is 11.9 Å². The molecule has 5 nitrogen and oxygen atoms in total. The molecule has 0 aliphatic rings. The summed E-state index contributed by atoms with van der Waals surface area (Å²) in [5.41, 5.74) is 0. The van der Waals surface area contributed by atoms with Crippen molar-refractivity contribution in [3.8, 4) is 0 Å². The molecule has 0 aliphatic heterocycles. The van der Waals surface area contributed by atoms with Crippen LogP contribution in [0.1, 0.15) is 201 Å². The molecule has 0 rings (SSSR count). The van der Waals surface area contributed by atoms with Crippen LogP contribution >= 0.6 is 0 Å². The number of ether oxygens (including phenoxy) is 3. The van der Waals surface area contributed by atoms with Crippen LogP contribution in [0.25, 0.3) is 0 Å². The molecule has 0 N–H and O–H groups in total. The van der Waals surface area contributed by atoms with Gasteiger partial charge in [0.25, 0.3) is 0 Å². The molecule has 0 aromatic heterocycles. The van der Waals surface area contributed by atoms with Crippen molar-refractivity contribution in [1.82, 2.24) is 0 Å². The number of esters is 2. The Labute approximate surface area is 382 Å². The highest BCUT2D eigenvalue weighted by Gasteiger charge is 2.17. The van der Waals surface area contributed by atoms with Crippen molar-refractivity contribution in [1.29, 1.82) is 0 Å². The molecule has 0 bridgehead atoms. The Kier molecular flexibility index (Phi) is 48.6. The van der Waals surface area contributed by atoms with Crippen molar-refractivity contribution in [2.24, 2.45) is 0 Å². The molecule has 0 radical (unpaired) electrons. The molecular weight excluding hydrogens is 765 g/mol. The van der Waals surface area contributed by atoms with Gasteiger partial charge in [0.1, 0.15) is 6.61 Å². The van der Waals surface area contributed by atoms with Gasteiger partial charge in [0.2, 0.25) is 0 Å². The van der Waals surface area contributed by atoms with Gasteiger partial charge in [-0.05, 0) is 122 Å². The average molecular weight is 857 g/mol. The SMILES string of the molecule is CC/C=C\C/C=C\C/C=C\C/C=C\C/C=C\CCCC(=O)OCC(COCCCCCC/C=C\C/C=C\C/C=C\CC)OC(=O)CCCCCCC/C=C\C/C=C\CCCCC. The molecule has 0 aliphatic carbocycles. The number of allylic oxidation sites excluding steroid dienone is 20. The van der Waals surface area contributed by atoms with Crippen molar-refractivity contribution in [3.05, 3.63) is 122 Å². The van der Waals surface area contributed by atoms with E-state index in [0.29, 0.717) is 19.4 Å². The predicted octanol–water partition coefficient (Wildman–Crippen LogP) is 17.0. The highest BCUT2D eigenvalue weighted by molar-refractivity contribution is 5.70. The fourth-order valence-corrected chi connectivity index (χ4v) is 6.29. The Morgan fingerprint density at radius 1 is 0.371 bits per heavy atom. The molecule has 0 aromatic rings. The molecule has 1 unspecified atom stereocenters. The molecule has 0 heterocycles. The van der Waals surface area contributed by atoms with Crippen LogP contribution in [-0.2, 0) is 23.8 Å². The maximum atomic E-state index is 12.8. The van der Waals surface area contributed by atoms with E-state index >= 15 is 0 Å². The maximum Gasteiger partial charge on any atom is 0.306 e. The first-order chi connectivity index (χ1) is 30.6. The monoisotopic (exact) mass is 857 g/mol. The smallest absolute Gasteiger partial charge is 0.306 e. The minimum absolute atomic E-state index is 0.0331. The van der Waals surface area contributed by atoms with Crippen LogP contribution in [0.2, 0.25) is 0 Å². The van der Waals surface area contributed by atoms with Crippen molar-refractivity contribution in [2.75, 3.05) is 19.8 Å². The average Bonchev–Trinajstić information content (AvgIpc) is 3.27. The first-order valence-electron chi connectivity index (χ1n) is 25.1. The lowest BCUT2D eigenvalue weighted by atomic mass is 10.1. The lowest BCUT2D eigenvalue weighted by Gasteiger charge is -2.18. The number of carbonyl (C=O) groups is 2. The summed E-state index contributed by atoms with van der Waals surface area (Å²) in [6.07, 6.45) is 72.1. The van der Waals surface area contributed by atoms with Crippen molar-refractivity contribution in [3.63, 3.8) is 0 Å². The van der Waals surface area contributed by atoms with Gasteiger partial charge in [-0.2, -0.15) is 0 Å². The molecule has 0 fully saturated rings. The Morgan fingerprint density at radius 2 is 0.742 bits per heavy atom. The van der Waals surface area contributed by atoms with Crippen molar-refractivity contribution in [2.45, 2.75) is 207 Å². The number of rotatable bonds is 44. The normalized spacial score (nSPS) is 13.3. The van der Waals surface area contributed by atoms with Crippen molar-refractivity contribution < 1.29 is 23.8 Å². The van der Waals surface area contributed by atoms with Crippen LogP contribution in [0, 0.1) is 0 Å². The first-order valence-corrected chi connectivity index (χ1v) is 25.1. The maximum absolute atomic E-state index is 12.8. The molecule has 0 saturated carbocycles. The zero-order chi connectivity index (χ0) is 44.9. The van der Waals surface area contributed by atoms with E-state index < -0.39 is 6.10 Å². The minimum atomic E-state index is -0.586. The van der Waals surface area contributed by atoms with Crippen LogP contribution in [0.15, 0.2) is 122 Å². The predicted molar refractivity (Wildman–Crippen MR) is 269 cm³/mol. The summed E-state index contributed by atoms with van der Waals surface area (Å²) in [7, 11) is 0. The Balaban J connectivity index is 4.45. The number of unbranched alkanes of at least 4 members (excludes halogenated alkanes) is 13. The zero-order valence-electron chi connectivity index (χ0n) is 40.1. The molecule has 0 amide bonds. The summed E-state index contributed by atoms with van der Waals surface area (Å²) in [5.74, 6) is -0.503. The second-order valence-corrected chi connectivity index (χ2v) is 15.9. The Hall–Kier alpha value is -3.70. The van der Waals surface area contributed by atoms with E-state index in [-0.39, 0.29) is 25.2 Å². The highest BCUT2D eigenvalue weighted by atomic mass is 16.6. The van der Waals surface area contributed by atoms with Gasteiger partial charge in [-0.1, -0.05) is 187 Å². The van der Waals surface area contributed by atoms with Crippen LogP contribution in [-0.4, -0.2) is 37.9 Å².